The van der Waals surface area contributed by atoms with Crippen molar-refractivity contribution in [1.29, 1.82) is 0 Å². The first-order chi connectivity index (χ1) is 56.6. The minimum Gasteiger partial charge on any atom is -0.311 e. The van der Waals surface area contributed by atoms with E-state index >= 15 is 0 Å². The summed E-state index contributed by atoms with van der Waals surface area (Å²) in [5.74, 6) is 0. The molecule has 2 aliphatic rings. The van der Waals surface area contributed by atoms with E-state index in [0.29, 0.717) is 0 Å². The topological polar surface area (TPSA) is 16.3 Å². The summed E-state index contributed by atoms with van der Waals surface area (Å²) in [6.07, 6.45) is 0. The van der Waals surface area contributed by atoms with E-state index in [4.69, 9.17) is 0 Å². The van der Waals surface area contributed by atoms with Gasteiger partial charge in [-0.2, -0.15) is 0 Å². The molecule has 0 radical (unpaired) electrons. The summed E-state index contributed by atoms with van der Waals surface area (Å²) in [4.78, 5) is 5.26. The van der Waals surface area contributed by atoms with E-state index in [1.807, 2.05) is 0 Å². The summed E-state index contributed by atoms with van der Waals surface area (Å²) in [5, 5.41) is 4.97. The monoisotopic (exact) mass is 1510 g/mol. The number of nitrogens with zero attached hydrogens (tertiary/aromatic N) is 4. The highest BCUT2D eigenvalue weighted by Crippen LogP contribution is 2.52. The van der Waals surface area contributed by atoms with E-state index in [1.54, 1.807) is 0 Å². The first-order valence-corrected chi connectivity index (χ1v) is 41.6. The van der Waals surface area contributed by atoms with Crippen molar-refractivity contribution in [2.24, 2.45) is 0 Å². The van der Waals surface area contributed by atoms with Crippen LogP contribution in [0.4, 0.5) is 34.1 Å². The molecule has 566 valence electrons. The van der Waals surface area contributed by atoms with Crippen LogP contribution in [0.25, 0.3) is 133 Å². The van der Waals surface area contributed by atoms with Crippen molar-refractivity contribution in [3.05, 3.63) is 380 Å². The minimum atomic E-state index is -0.229. The van der Waals surface area contributed by atoms with Crippen molar-refractivity contribution < 1.29 is 0 Å². The van der Waals surface area contributed by atoms with Crippen molar-refractivity contribution in [1.82, 2.24) is 9.13 Å². The molecule has 0 amide bonds. The quantitative estimate of drug-likeness (QED) is 0.120. The van der Waals surface area contributed by atoms with Gasteiger partial charge in [0, 0.05) is 67.0 Å². The zero-order chi connectivity index (χ0) is 80.0. The molecule has 2 aliphatic heterocycles. The Labute approximate surface area is 689 Å². The highest BCUT2D eigenvalue weighted by Gasteiger charge is 2.45. The zero-order valence-electron chi connectivity index (χ0n) is 68.9. The second kappa shape index (κ2) is 27.8. The van der Waals surface area contributed by atoms with Crippen molar-refractivity contribution in [3.8, 4) is 89.3 Å². The first-order valence-electron chi connectivity index (χ1n) is 41.6. The van der Waals surface area contributed by atoms with Gasteiger partial charge in [0.15, 0.2) is 0 Å². The predicted octanol–water partition coefficient (Wildman–Crippen LogP) is 28.8. The Morgan fingerprint density at radius 3 is 0.761 bits per heavy atom. The Kier molecular flexibility index (Phi) is 17.3. The van der Waals surface area contributed by atoms with Crippen LogP contribution in [0.1, 0.15) is 105 Å². The van der Waals surface area contributed by atoms with Crippen molar-refractivity contribution >= 4 is 101 Å². The Balaban J connectivity index is 0.886. The summed E-state index contributed by atoms with van der Waals surface area (Å²) in [6, 6.07) is 136. The van der Waals surface area contributed by atoms with Gasteiger partial charge in [-0.15, -0.1) is 0 Å². The van der Waals surface area contributed by atoms with E-state index in [-0.39, 0.29) is 28.4 Å². The fourth-order valence-corrected chi connectivity index (χ4v) is 18.8. The Morgan fingerprint density at radius 1 is 0.205 bits per heavy atom. The molecule has 4 heterocycles. The Hall–Kier alpha value is -13.2. The van der Waals surface area contributed by atoms with Gasteiger partial charge in [-0.1, -0.05) is 356 Å². The average Bonchev–Trinajstić information content (AvgIpc) is 1.03. The van der Waals surface area contributed by atoms with Crippen LogP contribution in [0.15, 0.2) is 358 Å². The van der Waals surface area contributed by atoms with Crippen LogP contribution < -0.4 is 26.2 Å². The number of benzene rings is 16. The summed E-state index contributed by atoms with van der Waals surface area (Å²) in [7, 11) is 0. The van der Waals surface area contributed by atoms with Crippen LogP contribution in [-0.4, -0.2) is 15.8 Å². The maximum absolute atomic E-state index is 2.63. The molecular weight excluding hydrogens is 1410 g/mol. The van der Waals surface area contributed by atoms with Gasteiger partial charge in [0.05, 0.1) is 22.1 Å². The maximum atomic E-state index is 2.63. The SMILES string of the molecule is CC(C)(C)c1ccc2c3ccc(C(C)(C)C)cc3n(-c3ccc4c(c3)N(c3ccc(-c5c(-c6ccccc6)cccc5-c5ccccc5)cc3)c3cc(-c5ccccc5)cc5c3B4c3ccc(-n4c6cc(C(C)(C)C)ccc6c6ccc(C(C)(C)C)cc64)cc3N5c3ccc(-c4c(-c5ccccc5)cccc4-c4ccccc4)cc3)c2c1. The normalized spacial score (nSPS) is 12.9. The molecule has 0 bridgehead atoms. The van der Waals surface area contributed by atoms with Crippen LogP contribution in [0.5, 0.6) is 0 Å². The molecule has 0 unspecified atom stereocenters. The molecule has 0 saturated carbocycles. The lowest BCUT2D eigenvalue weighted by molar-refractivity contribution is 0.590. The lowest BCUT2D eigenvalue weighted by atomic mass is 9.33. The van der Waals surface area contributed by atoms with E-state index < -0.39 is 0 Å². The Bertz CT molecular complexity index is 6270. The molecular formula is C112H95BN4. The molecule has 0 fully saturated rings. The van der Waals surface area contributed by atoms with Gasteiger partial charge in [-0.05, 0) is 223 Å². The van der Waals surface area contributed by atoms with E-state index in [9.17, 15) is 0 Å². The number of anilines is 6. The van der Waals surface area contributed by atoms with Crippen molar-refractivity contribution in [2.45, 2.75) is 105 Å². The number of rotatable bonds is 11. The first kappa shape index (κ1) is 72.7. The van der Waals surface area contributed by atoms with Crippen LogP contribution >= 0.6 is 0 Å². The van der Waals surface area contributed by atoms with Gasteiger partial charge in [0.1, 0.15) is 0 Å². The molecule has 2 aromatic heterocycles. The predicted molar refractivity (Wildman–Crippen MR) is 502 cm³/mol. The third-order valence-electron chi connectivity index (χ3n) is 25.0. The zero-order valence-corrected chi connectivity index (χ0v) is 68.9. The third kappa shape index (κ3) is 12.5. The van der Waals surface area contributed by atoms with Gasteiger partial charge >= 0.3 is 0 Å². The largest absolute Gasteiger partial charge is 0.311 e. The van der Waals surface area contributed by atoms with Crippen LogP contribution in [-0.2, 0) is 21.7 Å². The number of aromatic nitrogens is 2. The average molecular weight is 1510 g/mol. The van der Waals surface area contributed by atoms with Crippen LogP contribution in [0.2, 0.25) is 0 Å². The molecule has 16 aromatic carbocycles. The summed E-state index contributed by atoms with van der Waals surface area (Å²) < 4.78 is 5.16. The lowest BCUT2D eigenvalue weighted by Crippen LogP contribution is -2.61. The van der Waals surface area contributed by atoms with Gasteiger partial charge in [-0.25, -0.2) is 0 Å². The molecule has 0 spiro atoms. The number of fused-ring (bicyclic) bond motifs is 10. The molecule has 117 heavy (non-hydrogen) atoms. The number of hydrogen-bond donors (Lipinski definition) is 0. The lowest BCUT2D eigenvalue weighted by Gasteiger charge is -2.44. The van der Waals surface area contributed by atoms with E-state index in [0.717, 1.165) is 67.8 Å². The van der Waals surface area contributed by atoms with Gasteiger partial charge in [0.25, 0.3) is 6.71 Å². The van der Waals surface area contributed by atoms with Crippen molar-refractivity contribution in [3.63, 3.8) is 0 Å². The summed E-state index contributed by atoms with van der Waals surface area (Å²) in [6.45, 7) is 27.8. The van der Waals surface area contributed by atoms with Crippen LogP contribution in [0.3, 0.4) is 0 Å². The van der Waals surface area contributed by atoms with Gasteiger partial charge in [-0.3, -0.25) is 0 Å². The second-order valence-electron chi connectivity index (χ2n) is 36.5. The van der Waals surface area contributed by atoms with E-state index in [1.165, 1.54) is 138 Å². The standard InChI is InChI=1S/C112H95BN4/c1-109(2,3)80-48-58-92-93-59-49-81(110(4,5)6)67-99(93)116(98(92)66-80)86-56-62-96-102(70-86)114(84-52-44-77(45-53-84)106-88(73-32-20-14-21-33-73)40-28-41-89(106)74-34-22-15-23-35-74)104-64-79(72-30-18-13-19-31-72)65-105-108(104)113(96)97-63-57-87(117-100-68-82(111(7,8)9)50-60-94(100)95-61-51-83(69-101(95)117)112(10,11)12)71-103(97)115(105)85-54-46-78(47-55-85)107-90(75-36-24-16-25-37-75)42-29-43-91(107)76-38-26-17-27-39-76/h13-71H,1-12H3. The molecule has 0 atom stereocenters. The third-order valence-corrected chi connectivity index (χ3v) is 25.0. The molecule has 18 aromatic rings. The number of hydrogen-bond acceptors (Lipinski definition) is 2. The minimum absolute atomic E-state index is 0.0949. The molecule has 0 aliphatic carbocycles. The molecule has 0 saturated heterocycles. The van der Waals surface area contributed by atoms with Gasteiger partial charge < -0.3 is 18.9 Å². The van der Waals surface area contributed by atoms with E-state index in [2.05, 4.69) is 460 Å². The fraction of sp³-hybridized carbons (Fsp3) is 0.143. The van der Waals surface area contributed by atoms with Crippen molar-refractivity contribution in [2.75, 3.05) is 9.80 Å². The smallest absolute Gasteiger partial charge is 0.252 e. The molecule has 4 nitrogen and oxygen atoms in total. The fourth-order valence-electron chi connectivity index (χ4n) is 18.8. The molecule has 20 rings (SSSR count). The highest BCUT2D eigenvalue weighted by atomic mass is 15.2. The maximum Gasteiger partial charge on any atom is 0.252 e. The second-order valence-corrected chi connectivity index (χ2v) is 36.5. The summed E-state index contributed by atoms with van der Waals surface area (Å²) in [5.41, 5.74) is 38.6. The molecule has 5 heteroatoms. The Morgan fingerprint density at radius 2 is 0.479 bits per heavy atom. The van der Waals surface area contributed by atoms with Crippen LogP contribution in [0, 0.1) is 0 Å². The summed E-state index contributed by atoms with van der Waals surface area (Å²) >= 11 is 0. The molecule has 0 N–H and O–H groups in total. The van der Waals surface area contributed by atoms with Gasteiger partial charge in [0.2, 0.25) is 0 Å². The highest BCUT2D eigenvalue weighted by molar-refractivity contribution is 7.00.